The first-order valence-electron chi connectivity index (χ1n) is 4.11. The zero-order valence-corrected chi connectivity index (χ0v) is 6.83. The van der Waals surface area contributed by atoms with Crippen molar-refractivity contribution in [3.8, 4) is 0 Å². The molecule has 0 atom stereocenters. The topological polar surface area (TPSA) is 51.3 Å². The average Bonchev–Trinajstić information content (AvgIpc) is 2.29. The molecule has 0 saturated carbocycles. The lowest BCUT2D eigenvalue weighted by molar-refractivity contribution is 0.843. The number of fused-ring (bicyclic) bond motifs is 1. The van der Waals surface area contributed by atoms with E-state index in [1.54, 1.807) is 12.4 Å². The van der Waals surface area contributed by atoms with E-state index in [-0.39, 0.29) is 0 Å². The molecule has 0 aromatic carbocycles. The van der Waals surface area contributed by atoms with Crippen LogP contribution in [0.15, 0.2) is 23.5 Å². The molecule has 2 N–H and O–H groups in total. The fraction of sp³-hybridized carbons (Fsp3) is 0.333. The standard InChI is InChI=1S/C9H11N3/c10-9-8-6-11-5-3-7(8)2-1-4-12-9/h3,5-6H,1-2,4H2,(H2,10,12). The zero-order valence-electron chi connectivity index (χ0n) is 6.83. The molecular weight excluding hydrogens is 150 g/mol. The highest BCUT2D eigenvalue weighted by Gasteiger charge is 2.08. The Hall–Kier alpha value is -1.38. The van der Waals surface area contributed by atoms with E-state index in [1.165, 1.54) is 5.56 Å². The predicted molar refractivity (Wildman–Crippen MR) is 48.1 cm³/mol. The maximum absolute atomic E-state index is 5.76. The molecule has 0 unspecified atom stereocenters. The number of aliphatic imine (C=N–C) groups is 1. The number of aromatic nitrogens is 1. The monoisotopic (exact) mass is 161 g/mol. The Morgan fingerprint density at radius 3 is 3.25 bits per heavy atom. The lowest BCUT2D eigenvalue weighted by Crippen LogP contribution is -2.14. The summed E-state index contributed by atoms with van der Waals surface area (Å²) in [5.41, 5.74) is 8.03. The Bertz CT molecular complexity index is 317. The lowest BCUT2D eigenvalue weighted by Gasteiger charge is -2.02. The van der Waals surface area contributed by atoms with Gasteiger partial charge in [0, 0.05) is 24.5 Å². The van der Waals surface area contributed by atoms with E-state index in [9.17, 15) is 0 Å². The van der Waals surface area contributed by atoms with Crippen molar-refractivity contribution < 1.29 is 0 Å². The molecule has 3 nitrogen and oxygen atoms in total. The predicted octanol–water partition coefficient (Wildman–Crippen LogP) is 0.733. The van der Waals surface area contributed by atoms with Crippen molar-refractivity contribution in [2.24, 2.45) is 10.7 Å². The van der Waals surface area contributed by atoms with Crippen LogP contribution in [0, 0.1) is 0 Å². The van der Waals surface area contributed by atoms with Crippen LogP contribution in [0.4, 0.5) is 0 Å². The maximum atomic E-state index is 5.76. The highest BCUT2D eigenvalue weighted by atomic mass is 14.9. The van der Waals surface area contributed by atoms with Gasteiger partial charge in [0.2, 0.25) is 0 Å². The third kappa shape index (κ3) is 1.18. The van der Waals surface area contributed by atoms with Crippen LogP contribution in [0.2, 0.25) is 0 Å². The second kappa shape index (κ2) is 2.93. The SMILES string of the molecule is NC1=NCCCc2ccncc21. The van der Waals surface area contributed by atoms with E-state index < -0.39 is 0 Å². The second-order valence-electron chi connectivity index (χ2n) is 2.90. The Morgan fingerprint density at radius 1 is 1.42 bits per heavy atom. The van der Waals surface area contributed by atoms with Gasteiger partial charge in [-0.25, -0.2) is 0 Å². The molecule has 0 radical (unpaired) electrons. The quantitative estimate of drug-likeness (QED) is 0.610. The van der Waals surface area contributed by atoms with Gasteiger partial charge in [0.05, 0.1) is 0 Å². The molecular formula is C9H11N3. The first-order valence-corrected chi connectivity index (χ1v) is 4.11. The molecule has 1 aliphatic rings. The fourth-order valence-corrected chi connectivity index (χ4v) is 1.43. The Kier molecular flexibility index (Phi) is 1.78. The number of aryl methyl sites for hydroxylation is 1. The molecule has 0 saturated heterocycles. The molecule has 0 aliphatic carbocycles. The van der Waals surface area contributed by atoms with Crippen molar-refractivity contribution in [2.75, 3.05) is 6.54 Å². The Labute approximate surface area is 71.3 Å². The summed E-state index contributed by atoms with van der Waals surface area (Å²) in [6.07, 6.45) is 5.73. The average molecular weight is 161 g/mol. The number of amidine groups is 1. The lowest BCUT2D eigenvalue weighted by atomic mass is 10.1. The molecule has 0 bridgehead atoms. The molecule has 0 fully saturated rings. The van der Waals surface area contributed by atoms with Crippen molar-refractivity contribution in [1.82, 2.24) is 4.98 Å². The maximum Gasteiger partial charge on any atom is 0.127 e. The normalized spacial score (nSPS) is 16.2. The van der Waals surface area contributed by atoms with Crippen molar-refractivity contribution in [2.45, 2.75) is 12.8 Å². The number of nitrogens with zero attached hydrogens (tertiary/aromatic N) is 2. The van der Waals surface area contributed by atoms with Crippen LogP contribution < -0.4 is 5.73 Å². The van der Waals surface area contributed by atoms with Gasteiger partial charge in [-0.05, 0) is 24.5 Å². The van der Waals surface area contributed by atoms with Gasteiger partial charge in [0.15, 0.2) is 0 Å². The fourth-order valence-electron chi connectivity index (χ4n) is 1.43. The van der Waals surface area contributed by atoms with Crippen LogP contribution >= 0.6 is 0 Å². The van der Waals surface area contributed by atoms with Gasteiger partial charge >= 0.3 is 0 Å². The van der Waals surface area contributed by atoms with Crippen molar-refractivity contribution >= 4 is 5.84 Å². The van der Waals surface area contributed by atoms with Gasteiger partial charge < -0.3 is 5.73 Å². The van der Waals surface area contributed by atoms with E-state index in [4.69, 9.17) is 5.73 Å². The van der Waals surface area contributed by atoms with E-state index in [0.717, 1.165) is 24.9 Å². The highest BCUT2D eigenvalue weighted by Crippen LogP contribution is 2.12. The first kappa shape index (κ1) is 7.28. The number of pyridine rings is 1. The summed E-state index contributed by atoms with van der Waals surface area (Å²) in [4.78, 5) is 8.25. The molecule has 0 spiro atoms. The summed E-state index contributed by atoms with van der Waals surface area (Å²) >= 11 is 0. The second-order valence-corrected chi connectivity index (χ2v) is 2.90. The van der Waals surface area contributed by atoms with Crippen LogP contribution in [0.3, 0.4) is 0 Å². The smallest absolute Gasteiger partial charge is 0.127 e. The molecule has 2 rings (SSSR count). The van der Waals surface area contributed by atoms with Gasteiger partial charge in [0.25, 0.3) is 0 Å². The summed E-state index contributed by atoms with van der Waals surface area (Å²) in [6, 6.07) is 2.02. The van der Waals surface area contributed by atoms with Crippen LogP contribution in [-0.2, 0) is 6.42 Å². The van der Waals surface area contributed by atoms with Crippen LogP contribution in [0.1, 0.15) is 17.5 Å². The van der Waals surface area contributed by atoms with Crippen LogP contribution in [0.25, 0.3) is 0 Å². The molecule has 1 aromatic heterocycles. The summed E-state index contributed by atoms with van der Waals surface area (Å²) in [7, 11) is 0. The number of hydrogen-bond acceptors (Lipinski definition) is 3. The van der Waals surface area contributed by atoms with Crippen molar-refractivity contribution in [3.05, 3.63) is 29.6 Å². The Morgan fingerprint density at radius 2 is 2.33 bits per heavy atom. The third-order valence-electron chi connectivity index (χ3n) is 2.07. The number of nitrogens with two attached hydrogens (primary N) is 1. The summed E-state index contributed by atoms with van der Waals surface area (Å²) in [6.45, 7) is 0.834. The minimum absolute atomic E-state index is 0.635. The highest BCUT2D eigenvalue weighted by molar-refractivity contribution is 5.98. The zero-order chi connectivity index (χ0) is 8.39. The van der Waals surface area contributed by atoms with Crippen molar-refractivity contribution in [1.29, 1.82) is 0 Å². The molecule has 1 aromatic rings. The molecule has 2 heterocycles. The third-order valence-corrected chi connectivity index (χ3v) is 2.07. The number of rotatable bonds is 0. The van der Waals surface area contributed by atoms with E-state index in [0.29, 0.717) is 5.84 Å². The molecule has 1 aliphatic heterocycles. The molecule has 12 heavy (non-hydrogen) atoms. The molecule has 3 heteroatoms. The van der Waals surface area contributed by atoms with E-state index >= 15 is 0 Å². The van der Waals surface area contributed by atoms with Crippen LogP contribution in [0.5, 0.6) is 0 Å². The van der Waals surface area contributed by atoms with Gasteiger partial charge in [-0.2, -0.15) is 0 Å². The summed E-state index contributed by atoms with van der Waals surface area (Å²) in [5.74, 6) is 0.635. The van der Waals surface area contributed by atoms with Gasteiger partial charge in [-0.1, -0.05) is 0 Å². The minimum Gasteiger partial charge on any atom is -0.383 e. The minimum atomic E-state index is 0.635. The van der Waals surface area contributed by atoms with Crippen LogP contribution in [-0.4, -0.2) is 17.4 Å². The Balaban J connectivity index is 2.51. The van der Waals surface area contributed by atoms with Gasteiger partial charge in [-0.3, -0.25) is 9.98 Å². The molecule has 0 amide bonds. The van der Waals surface area contributed by atoms with Crippen molar-refractivity contribution in [3.63, 3.8) is 0 Å². The molecule has 62 valence electrons. The largest absolute Gasteiger partial charge is 0.383 e. The van der Waals surface area contributed by atoms with E-state index in [2.05, 4.69) is 9.98 Å². The van der Waals surface area contributed by atoms with Gasteiger partial charge in [0.1, 0.15) is 5.84 Å². The van der Waals surface area contributed by atoms with Gasteiger partial charge in [-0.15, -0.1) is 0 Å². The number of hydrogen-bond donors (Lipinski definition) is 1. The summed E-state index contributed by atoms with van der Waals surface area (Å²) in [5, 5.41) is 0. The summed E-state index contributed by atoms with van der Waals surface area (Å²) < 4.78 is 0. The van der Waals surface area contributed by atoms with E-state index in [1.807, 2.05) is 6.07 Å². The first-order chi connectivity index (χ1) is 5.88.